The maximum Gasteiger partial charge on any atom is 0.276 e. The lowest BCUT2D eigenvalue weighted by Gasteiger charge is -2.35. The molecule has 380 valence electrons. The number of anilines is 5. The summed E-state index contributed by atoms with van der Waals surface area (Å²) in [5.74, 6) is 0.468. The van der Waals surface area contributed by atoms with Crippen LogP contribution in [0.4, 0.5) is 28.8 Å². The highest BCUT2D eigenvalue weighted by Crippen LogP contribution is 2.38. The molecule has 3 saturated heterocycles. The molecule has 12 rings (SSSR count). The molecule has 24 nitrogen and oxygen atoms in total. The molecule has 0 aliphatic carbocycles. The molecule has 0 saturated carbocycles. The van der Waals surface area contributed by atoms with Gasteiger partial charge in [-0.25, -0.2) is 29.9 Å². The molecule has 7 N–H and O–H groups in total. The van der Waals surface area contributed by atoms with E-state index in [2.05, 4.69) is 72.4 Å². The first-order chi connectivity index (χ1) is 35.2. The molecule has 73 heavy (non-hydrogen) atoms. The summed E-state index contributed by atoms with van der Waals surface area (Å²) in [7, 11) is 0. The Hall–Kier alpha value is -6.87. The van der Waals surface area contributed by atoms with E-state index in [9.17, 15) is 28.8 Å². The molecule has 12 heterocycles. The van der Waals surface area contributed by atoms with Crippen molar-refractivity contribution in [1.29, 1.82) is 0 Å². The average molecular weight is 1120 g/mol. The molecule has 6 aromatic heterocycles. The van der Waals surface area contributed by atoms with Crippen LogP contribution < -0.4 is 49.0 Å². The van der Waals surface area contributed by atoms with Crippen molar-refractivity contribution in [2.45, 2.75) is 55.5 Å². The summed E-state index contributed by atoms with van der Waals surface area (Å²) in [6, 6.07) is 9.29. The Morgan fingerprint density at radius 2 is 0.863 bits per heavy atom. The van der Waals surface area contributed by atoms with E-state index in [-0.39, 0.29) is 77.9 Å². The third kappa shape index (κ3) is 10.1. The first kappa shape index (κ1) is 51.0. The standard InChI is InChI=1S/2C15H14ClN5O3.C11H10BrClN2O3.C4H5N3/c2*16-9-7-10(19-11-1-4-17-8-18-11)14(23)21-12(9)13(22)20-15(21)2-5-24-6-3-15;12-6-5-7(13)8-9(16)14-11(15(8)10(6)17)1-3-18-4-2-11;5-4-1-2-6-3-7-4/h2*1,4,7-8H,2-3,5-6H2,(H,20,22)(H,17,18,19);5H,1-4H2,(H,14,16);1-3H,(H2,5,6,7). The number of hydrogen-bond acceptors (Lipinski definition) is 18. The molecule has 6 aliphatic rings. The highest BCUT2D eigenvalue weighted by molar-refractivity contribution is 9.10. The van der Waals surface area contributed by atoms with Crippen LogP contribution in [0.1, 0.15) is 70.0 Å². The van der Waals surface area contributed by atoms with Crippen LogP contribution in [0, 0.1) is 0 Å². The van der Waals surface area contributed by atoms with E-state index in [0.29, 0.717) is 100 Å². The smallest absolute Gasteiger partial charge is 0.276 e. The van der Waals surface area contributed by atoms with Gasteiger partial charge in [0.25, 0.3) is 34.4 Å². The minimum absolute atomic E-state index is 0.191. The van der Waals surface area contributed by atoms with Gasteiger partial charge in [0.2, 0.25) is 0 Å². The summed E-state index contributed by atoms with van der Waals surface area (Å²) in [4.78, 5) is 98.0. The van der Waals surface area contributed by atoms with E-state index in [1.54, 1.807) is 36.8 Å². The number of fused-ring (bicyclic) bond motifs is 6. The predicted molar refractivity (Wildman–Crippen MR) is 268 cm³/mol. The second-order valence-electron chi connectivity index (χ2n) is 17.0. The Labute approximate surface area is 436 Å². The Morgan fingerprint density at radius 3 is 1.18 bits per heavy atom. The largest absolute Gasteiger partial charge is 0.384 e. The molecule has 0 aromatic carbocycles. The van der Waals surface area contributed by atoms with Gasteiger partial charge in [0.05, 0.1) is 59.2 Å². The number of nitrogens with one attached hydrogen (secondary N) is 5. The lowest BCUT2D eigenvalue weighted by atomic mass is 10.0. The molecule has 0 atom stereocenters. The number of carbonyl (C=O) groups is 3. The van der Waals surface area contributed by atoms with Crippen LogP contribution in [0.25, 0.3) is 0 Å². The topological polar surface area (TPSA) is 308 Å². The number of hydrogen-bond donors (Lipinski definition) is 6. The SMILES string of the molecule is Nc1ccncn1.O=C1NC2(CCOCC2)n2c1c(Cl)cc(Br)c2=O.O=C1NC2(CCOCC2)n2c1c(Cl)cc(Nc1ccncn1)c2=O.O=C1NC2(CCOCC2)n2c1c(Cl)cc(Nc1ccncn1)c2=O. The first-order valence-electron chi connectivity index (χ1n) is 22.5. The van der Waals surface area contributed by atoms with E-state index >= 15 is 0 Å². The van der Waals surface area contributed by atoms with Gasteiger partial charge in [0.1, 0.15) is 81.9 Å². The van der Waals surface area contributed by atoms with Crippen molar-refractivity contribution >= 4 is 97.3 Å². The summed E-state index contributed by atoms with van der Waals surface area (Å²) in [5, 5.41) is 15.3. The molecule has 0 bridgehead atoms. The number of rotatable bonds is 4. The van der Waals surface area contributed by atoms with Crippen LogP contribution in [-0.2, 0) is 31.2 Å². The number of pyridine rings is 3. The van der Waals surface area contributed by atoms with Gasteiger partial charge in [-0.15, -0.1) is 0 Å². The van der Waals surface area contributed by atoms with Crippen LogP contribution >= 0.6 is 50.7 Å². The number of nitrogen functional groups attached to an aromatic ring is 1. The molecular formula is C45H43BrCl3N15O9. The molecule has 6 aromatic rings. The van der Waals surface area contributed by atoms with E-state index < -0.39 is 17.0 Å². The van der Waals surface area contributed by atoms with Crippen LogP contribution in [0.15, 0.2) is 92.8 Å². The molecule has 28 heteroatoms. The number of halogens is 4. The van der Waals surface area contributed by atoms with Gasteiger partial charge >= 0.3 is 0 Å². The van der Waals surface area contributed by atoms with Crippen molar-refractivity contribution in [2.24, 2.45) is 0 Å². The summed E-state index contributed by atoms with van der Waals surface area (Å²) in [6.45, 7) is 2.88. The van der Waals surface area contributed by atoms with E-state index in [0.717, 1.165) is 0 Å². The highest BCUT2D eigenvalue weighted by Gasteiger charge is 2.48. The second kappa shape index (κ2) is 21.3. The summed E-state index contributed by atoms with van der Waals surface area (Å²) >= 11 is 21.8. The summed E-state index contributed by atoms with van der Waals surface area (Å²) < 4.78 is 20.8. The zero-order valence-corrected chi connectivity index (χ0v) is 42.1. The molecule has 3 spiro atoms. The summed E-state index contributed by atoms with van der Waals surface area (Å²) in [6.07, 6.45) is 12.1. The maximum atomic E-state index is 13.0. The minimum atomic E-state index is -0.783. The monoisotopic (exact) mass is 1120 g/mol. The van der Waals surface area contributed by atoms with Gasteiger partial charge in [0, 0.05) is 57.1 Å². The van der Waals surface area contributed by atoms with E-state index in [4.69, 9.17) is 54.7 Å². The van der Waals surface area contributed by atoms with Crippen LogP contribution in [0.2, 0.25) is 15.1 Å². The van der Waals surface area contributed by atoms with Gasteiger partial charge in [-0.05, 0) is 52.3 Å². The van der Waals surface area contributed by atoms with Crippen LogP contribution in [0.5, 0.6) is 0 Å². The third-order valence-electron chi connectivity index (χ3n) is 12.6. The number of nitrogens with zero attached hydrogens (tertiary/aromatic N) is 9. The molecule has 0 unspecified atom stereocenters. The molecule has 0 radical (unpaired) electrons. The van der Waals surface area contributed by atoms with Crippen molar-refractivity contribution in [3.8, 4) is 0 Å². The maximum absolute atomic E-state index is 13.0. The van der Waals surface area contributed by atoms with Crippen molar-refractivity contribution < 1.29 is 28.6 Å². The van der Waals surface area contributed by atoms with Crippen molar-refractivity contribution in [3.05, 3.63) is 142 Å². The number of aromatic nitrogens is 9. The predicted octanol–water partition coefficient (Wildman–Crippen LogP) is 4.01. The van der Waals surface area contributed by atoms with E-state index in [1.807, 2.05) is 0 Å². The second-order valence-corrected chi connectivity index (χ2v) is 19.1. The Morgan fingerprint density at radius 1 is 0.521 bits per heavy atom. The number of amides is 3. The number of nitrogens with two attached hydrogens (primary N) is 1. The fourth-order valence-electron chi connectivity index (χ4n) is 9.22. The Balaban J connectivity index is 0.000000127. The molecule has 3 amide bonds. The van der Waals surface area contributed by atoms with Gasteiger partial charge in [-0.1, -0.05) is 34.8 Å². The van der Waals surface area contributed by atoms with Crippen molar-refractivity contribution in [2.75, 3.05) is 56.0 Å². The molecule has 6 aliphatic heterocycles. The minimum Gasteiger partial charge on any atom is -0.384 e. The van der Waals surface area contributed by atoms with Gasteiger partial charge in [-0.2, -0.15) is 0 Å². The lowest BCUT2D eigenvalue weighted by molar-refractivity contribution is 0.0115. The third-order valence-corrected chi connectivity index (χ3v) is 14.1. The van der Waals surface area contributed by atoms with Crippen molar-refractivity contribution in [3.63, 3.8) is 0 Å². The Bertz CT molecular complexity index is 3120. The van der Waals surface area contributed by atoms with E-state index in [1.165, 1.54) is 50.9 Å². The lowest BCUT2D eigenvalue weighted by Crippen LogP contribution is -2.51. The molecular weight excluding hydrogens is 1080 g/mol. The number of carbonyl (C=O) groups excluding carboxylic acids is 3. The highest BCUT2D eigenvalue weighted by atomic mass is 79.9. The zero-order chi connectivity index (χ0) is 51.5. The van der Waals surface area contributed by atoms with Crippen LogP contribution in [-0.4, -0.2) is 101 Å². The van der Waals surface area contributed by atoms with Crippen LogP contribution in [0.3, 0.4) is 0 Å². The van der Waals surface area contributed by atoms with Gasteiger partial charge < -0.3 is 46.5 Å². The Kier molecular flexibility index (Phi) is 14.9. The fourth-order valence-corrected chi connectivity index (χ4v) is 10.6. The normalized spacial score (nSPS) is 18.0. The quantitative estimate of drug-likeness (QED) is 0.145. The number of ether oxygens (including phenoxy) is 3. The average Bonchev–Trinajstić information content (AvgIpc) is 3.96. The summed E-state index contributed by atoms with van der Waals surface area (Å²) in [5.41, 5.74) is 3.20. The molecule has 3 fully saturated rings. The van der Waals surface area contributed by atoms with Crippen molar-refractivity contribution in [1.82, 2.24) is 59.6 Å². The van der Waals surface area contributed by atoms with Gasteiger partial charge in [0.15, 0.2) is 0 Å². The fraction of sp³-hybridized carbons (Fsp3) is 0.333. The first-order valence-corrected chi connectivity index (χ1v) is 24.4. The van der Waals surface area contributed by atoms with Gasteiger partial charge in [-0.3, -0.25) is 42.5 Å². The zero-order valence-electron chi connectivity index (χ0n) is 38.2.